The fourth-order valence-electron chi connectivity index (χ4n) is 1.85. The average molecular weight is 324 g/mol. The van der Waals surface area contributed by atoms with Crippen molar-refractivity contribution in [3.8, 4) is 0 Å². The fraction of sp³-hybridized carbons (Fsp3) is 0.200. The standard InChI is InChI=1S/C15H15BrFNO/c1-10-2-5-12(6-3-10)18-15(9-19)13-8-11(16)4-7-14(13)17/h2-8,15,18-19H,9H2,1H3. The van der Waals surface area contributed by atoms with Crippen LogP contribution in [0.15, 0.2) is 46.9 Å². The van der Waals surface area contributed by atoms with E-state index in [1.807, 2.05) is 31.2 Å². The molecule has 100 valence electrons. The molecule has 0 aromatic heterocycles. The van der Waals surface area contributed by atoms with Gasteiger partial charge < -0.3 is 10.4 Å². The average Bonchev–Trinajstić information content (AvgIpc) is 2.41. The summed E-state index contributed by atoms with van der Waals surface area (Å²) < 4.78 is 14.6. The molecule has 0 saturated carbocycles. The van der Waals surface area contributed by atoms with Crippen molar-refractivity contribution in [1.29, 1.82) is 0 Å². The zero-order valence-electron chi connectivity index (χ0n) is 10.5. The zero-order valence-corrected chi connectivity index (χ0v) is 12.1. The lowest BCUT2D eigenvalue weighted by atomic mass is 10.1. The van der Waals surface area contributed by atoms with E-state index in [4.69, 9.17) is 0 Å². The Kier molecular flexibility index (Phi) is 4.56. The van der Waals surface area contributed by atoms with Gasteiger partial charge in [0.1, 0.15) is 5.82 Å². The van der Waals surface area contributed by atoms with E-state index in [0.717, 1.165) is 15.7 Å². The second-order valence-corrected chi connectivity index (χ2v) is 5.33. The normalized spacial score (nSPS) is 12.2. The van der Waals surface area contributed by atoms with Gasteiger partial charge in [-0.3, -0.25) is 0 Å². The van der Waals surface area contributed by atoms with E-state index >= 15 is 0 Å². The highest BCUT2D eigenvalue weighted by molar-refractivity contribution is 9.10. The third kappa shape index (κ3) is 3.55. The van der Waals surface area contributed by atoms with Crippen molar-refractivity contribution in [1.82, 2.24) is 0 Å². The summed E-state index contributed by atoms with van der Waals surface area (Å²) in [6.07, 6.45) is 0. The maximum Gasteiger partial charge on any atom is 0.128 e. The van der Waals surface area contributed by atoms with Crippen molar-refractivity contribution < 1.29 is 9.50 Å². The summed E-state index contributed by atoms with van der Waals surface area (Å²) in [5.74, 6) is -0.332. The van der Waals surface area contributed by atoms with E-state index in [0.29, 0.717) is 5.56 Å². The highest BCUT2D eigenvalue weighted by Crippen LogP contribution is 2.25. The molecule has 0 saturated heterocycles. The van der Waals surface area contributed by atoms with E-state index in [1.165, 1.54) is 6.07 Å². The van der Waals surface area contributed by atoms with E-state index in [2.05, 4.69) is 21.2 Å². The lowest BCUT2D eigenvalue weighted by Crippen LogP contribution is -2.16. The first-order valence-corrected chi connectivity index (χ1v) is 6.78. The Bertz CT molecular complexity index is 557. The second kappa shape index (κ2) is 6.17. The van der Waals surface area contributed by atoms with Gasteiger partial charge in [-0.05, 0) is 37.3 Å². The van der Waals surface area contributed by atoms with Gasteiger partial charge in [0.25, 0.3) is 0 Å². The van der Waals surface area contributed by atoms with Crippen LogP contribution in [0, 0.1) is 12.7 Å². The van der Waals surface area contributed by atoms with Crippen LogP contribution in [0.3, 0.4) is 0 Å². The Balaban J connectivity index is 2.24. The molecular weight excluding hydrogens is 309 g/mol. The lowest BCUT2D eigenvalue weighted by Gasteiger charge is -2.19. The van der Waals surface area contributed by atoms with Crippen LogP contribution < -0.4 is 5.32 Å². The van der Waals surface area contributed by atoms with Gasteiger partial charge in [-0.1, -0.05) is 33.6 Å². The number of benzene rings is 2. The molecular formula is C15H15BrFNO. The molecule has 1 atom stereocenters. The topological polar surface area (TPSA) is 32.3 Å². The SMILES string of the molecule is Cc1ccc(NC(CO)c2cc(Br)ccc2F)cc1. The summed E-state index contributed by atoms with van der Waals surface area (Å²) >= 11 is 3.31. The molecule has 0 aliphatic carbocycles. The summed E-state index contributed by atoms with van der Waals surface area (Å²) in [5, 5.41) is 12.6. The van der Waals surface area contributed by atoms with Crippen LogP contribution in [0.4, 0.5) is 10.1 Å². The number of hydrogen-bond acceptors (Lipinski definition) is 2. The van der Waals surface area contributed by atoms with Gasteiger partial charge in [-0.25, -0.2) is 4.39 Å². The van der Waals surface area contributed by atoms with Crippen LogP contribution in [-0.2, 0) is 0 Å². The molecule has 4 heteroatoms. The number of anilines is 1. The number of halogens is 2. The van der Waals surface area contributed by atoms with Gasteiger partial charge >= 0.3 is 0 Å². The van der Waals surface area contributed by atoms with Gasteiger partial charge in [-0.2, -0.15) is 0 Å². The summed E-state index contributed by atoms with van der Waals surface area (Å²) in [6, 6.07) is 12.0. The smallest absolute Gasteiger partial charge is 0.128 e. The number of nitrogens with one attached hydrogen (secondary N) is 1. The largest absolute Gasteiger partial charge is 0.394 e. The van der Waals surface area contributed by atoms with Crippen LogP contribution >= 0.6 is 15.9 Å². The molecule has 2 aromatic carbocycles. The first-order valence-electron chi connectivity index (χ1n) is 5.99. The van der Waals surface area contributed by atoms with Crippen LogP contribution in [-0.4, -0.2) is 11.7 Å². The Morgan fingerprint density at radius 3 is 2.53 bits per heavy atom. The second-order valence-electron chi connectivity index (χ2n) is 4.41. The minimum atomic E-state index is -0.472. The van der Waals surface area contributed by atoms with Gasteiger partial charge in [-0.15, -0.1) is 0 Å². The molecule has 2 rings (SSSR count). The van der Waals surface area contributed by atoms with Crippen molar-refractivity contribution in [2.24, 2.45) is 0 Å². The number of hydrogen-bond donors (Lipinski definition) is 2. The Hall–Kier alpha value is -1.39. The molecule has 1 unspecified atom stereocenters. The van der Waals surface area contributed by atoms with Gasteiger partial charge in [0, 0.05) is 15.7 Å². The van der Waals surface area contributed by atoms with Crippen LogP contribution in [0.25, 0.3) is 0 Å². The van der Waals surface area contributed by atoms with Crippen molar-refractivity contribution >= 4 is 21.6 Å². The van der Waals surface area contributed by atoms with E-state index < -0.39 is 6.04 Å². The number of rotatable bonds is 4. The molecule has 0 fully saturated rings. The molecule has 0 amide bonds. The zero-order chi connectivity index (χ0) is 13.8. The van der Waals surface area contributed by atoms with Gasteiger partial charge in [0.2, 0.25) is 0 Å². The Labute approximate surface area is 120 Å². The van der Waals surface area contributed by atoms with Crippen LogP contribution in [0.5, 0.6) is 0 Å². The Morgan fingerprint density at radius 1 is 1.21 bits per heavy atom. The van der Waals surface area contributed by atoms with Gasteiger partial charge in [0.15, 0.2) is 0 Å². The van der Waals surface area contributed by atoms with Crippen LogP contribution in [0.1, 0.15) is 17.2 Å². The number of aliphatic hydroxyl groups excluding tert-OH is 1. The predicted octanol–water partition coefficient (Wildman–Crippen LogP) is 4.04. The molecule has 0 radical (unpaired) electrons. The van der Waals surface area contributed by atoms with E-state index in [1.54, 1.807) is 12.1 Å². The van der Waals surface area contributed by atoms with Crippen molar-refractivity contribution in [3.63, 3.8) is 0 Å². The minimum absolute atomic E-state index is 0.179. The predicted molar refractivity (Wildman–Crippen MR) is 78.7 cm³/mol. The third-order valence-electron chi connectivity index (χ3n) is 2.91. The van der Waals surface area contributed by atoms with Crippen molar-refractivity contribution in [2.75, 3.05) is 11.9 Å². The van der Waals surface area contributed by atoms with Crippen molar-refractivity contribution in [2.45, 2.75) is 13.0 Å². The summed E-state index contributed by atoms with van der Waals surface area (Å²) in [4.78, 5) is 0. The molecule has 2 aromatic rings. The summed E-state index contributed by atoms with van der Waals surface area (Å²) in [5.41, 5.74) is 2.45. The maximum absolute atomic E-state index is 13.8. The Morgan fingerprint density at radius 2 is 1.89 bits per heavy atom. The molecule has 2 N–H and O–H groups in total. The molecule has 2 nitrogen and oxygen atoms in total. The fourth-order valence-corrected chi connectivity index (χ4v) is 2.23. The minimum Gasteiger partial charge on any atom is -0.394 e. The first-order chi connectivity index (χ1) is 9.10. The highest BCUT2D eigenvalue weighted by atomic mass is 79.9. The van der Waals surface area contributed by atoms with Crippen LogP contribution in [0.2, 0.25) is 0 Å². The number of aryl methyl sites for hydroxylation is 1. The molecule has 0 aliphatic rings. The third-order valence-corrected chi connectivity index (χ3v) is 3.40. The summed E-state index contributed by atoms with van der Waals surface area (Å²) in [6.45, 7) is 1.82. The molecule has 19 heavy (non-hydrogen) atoms. The maximum atomic E-state index is 13.8. The summed E-state index contributed by atoms with van der Waals surface area (Å²) in [7, 11) is 0. The molecule has 0 spiro atoms. The highest BCUT2D eigenvalue weighted by Gasteiger charge is 2.15. The first kappa shape index (κ1) is 14.0. The molecule has 0 aliphatic heterocycles. The lowest BCUT2D eigenvalue weighted by molar-refractivity contribution is 0.274. The molecule has 0 heterocycles. The van der Waals surface area contributed by atoms with Gasteiger partial charge in [0.05, 0.1) is 12.6 Å². The monoisotopic (exact) mass is 323 g/mol. The van der Waals surface area contributed by atoms with Crippen molar-refractivity contribution in [3.05, 3.63) is 63.9 Å². The quantitative estimate of drug-likeness (QED) is 0.889. The van der Waals surface area contributed by atoms with E-state index in [-0.39, 0.29) is 12.4 Å². The molecule has 0 bridgehead atoms. The number of aliphatic hydroxyl groups is 1. The van der Waals surface area contributed by atoms with E-state index in [9.17, 15) is 9.50 Å².